The van der Waals surface area contributed by atoms with Gasteiger partial charge in [-0.25, -0.2) is 22.0 Å². The summed E-state index contributed by atoms with van der Waals surface area (Å²) in [5, 5.41) is 50.7. The minimum absolute atomic E-state index is 0.325. The summed E-state index contributed by atoms with van der Waals surface area (Å²) in [6.07, 6.45) is 9.15. The molecule has 390 valence electrons. The zero-order valence-corrected chi connectivity index (χ0v) is 39.7. The second-order valence-corrected chi connectivity index (χ2v) is 17.7. The molecule has 0 saturated heterocycles. The van der Waals surface area contributed by atoms with Crippen LogP contribution in [0.3, 0.4) is 0 Å². The third-order valence-electron chi connectivity index (χ3n) is 9.63. The number of unbranched alkanes of at least 4 members (excludes halogenated alkanes) is 1. The van der Waals surface area contributed by atoms with Crippen LogP contribution in [0.25, 0.3) is 0 Å². The molecule has 0 aromatic heterocycles. The largest absolute Gasteiger partial charge is 0.480 e. The Bertz CT molecular complexity index is 1850. The van der Waals surface area contributed by atoms with Crippen LogP contribution in [-0.2, 0) is 41.6 Å². The second kappa shape index (κ2) is 32.4. The van der Waals surface area contributed by atoms with E-state index in [0.717, 1.165) is 18.4 Å². The molecule has 3 unspecified atom stereocenters. The highest BCUT2D eigenvalue weighted by Gasteiger charge is 2.30. The predicted octanol–water partition coefficient (Wildman–Crippen LogP) is 4.97. The number of nitrogens with two attached hydrogens (primary N) is 6. The Hall–Kier alpha value is -5.33. The summed E-state index contributed by atoms with van der Waals surface area (Å²) in [6, 6.07) is 6.29. The lowest BCUT2D eigenvalue weighted by Gasteiger charge is -2.22. The molecule has 2 aromatic rings. The van der Waals surface area contributed by atoms with E-state index < -0.39 is 112 Å². The number of benzene rings is 2. The quantitative estimate of drug-likeness (QED) is 0.0565. The Morgan fingerprint density at radius 2 is 1.01 bits per heavy atom. The molecule has 18 nitrogen and oxygen atoms in total. The summed E-state index contributed by atoms with van der Waals surface area (Å²) in [4.78, 5) is 61.9. The van der Waals surface area contributed by atoms with Gasteiger partial charge in [-0.3, -0.25) is 28.8 Å². The molecule has 1 saturated carbocycles. The molecular weight excluding hydrogens is 912 g/mol. The number of hydrogen-bond donors (Lipinski definition) is 12. The standard InChI is InChI=1S/C10H13NO2.C9H6F5NO2.C9H17NO2.C7H15NO2.C6H13NO2.C4H9NO2/c1-10(11,9(12)13)7-8-5-3-2-4-6-8;10-4-2(1-3(15)9(16)17)5(11)7(13)8(14)6(4)12;10-8(9(11)12)6-7-4-2-1-3-5-7;1-5(2)4-7(3,8)6(9)10;1-2-3-4-5(7)6(8)9;1-4(2,5)3(6)7/h2-6H,7,11H2,1H3,(H,12,13);3H,1,15H2,(H,16,17);7-8H,1-6,10H2,(H,11,12);5H,4,8H2,1-3H3,(H,9,10);5H,2-4,7H2,1H3,(H,8,9);5H2,1-2H3,(H,6,7)/t10-;;;7-;;/m0..0../s1. The highest BCUT2D eigenvalue weighted by atomic mass is 19.2. The van der Waals surface area contributed by atoms with E-state index in [1.807, 2.05) is 51.1 Å². The van der Waals surface area contributed by atoms with Crippen LogP contribution in [0.4, 0.5) is 22.0 Å². The van der Waals surface area contributed by atoms with Crippen molar-refractivity contribution in [3.63, 3.8) is 0 Å². The van der Waals surface area contributed by atoms with E-state index >= 15 is 0 Å². The molecule has 0 bridgehead atoms. The SMILES string of the molecule is CC(C)(N)C(=O)O.CC(C)C[C@](C)(N)C(=O)O.CCCCC(N)C(=O)O.C[C@](N)(Cc1ccccc1)C(=O)O.NC(CC1CCCCC1)C(=O)O.NC(Cc1c(F)c(F)c(F)c(F)c1F)C(=O)O. The number of carboxylic acid groups (broad SMARTS) is 6. The molecule has 18 N–H and O–H groups in total. The third-order valence-corrected chi connectivity index (χ3v) is 9.63. The Kier molecular flexibility index (Phi) is 31.9. The molecular formula is C45H73F5N6O12. The van der Waals surface area contributed by atoms with Crippen molar-refractivity contribution in [2.45, 2.75) is 160 Å². The fraction of sp³-hybridized carbons (Fsp3) is 0.600. The van der Waals surface area contributed by atoms with Crippen molar-refractivity contribution in [1.82, 2.24) is 0 Å². The third kappa shape index (κ3) is 28.8. The number of aliphatic carboxylic acids is 6. The smallest absolute Gasteiger partial charge is 0.323 e. The topological polar surface area (TPSA) is 380 Å². The lowest BCUT2D eigenvalue weighted by Crippen LogP contribution is -2.46. The van der Waals surface area contributed by atoms with Crippen LogP contribution in [0.5, 0.6) is 0 Å². The van der Waals surface area contributed by atoms with Crippen molar-refractivity contribution in [3.05, 3.63) is 70.5 Å². The fourth-order valence-corrected chi connectivity index (χ4v) is 5.60. The van der Waals surface area contributed by atoms with Crippen LogP contribution < -0.4 is 34.4 Å². The predicted molar refractivity (Wildman–Crippen MR) is 243 cm³/mol. The number of rotatable bonds is 17. The Labute approximate surface area is 393 Å². The monoisotopic (exact) mass is 985 g/mol. The van der Waals surface area contributed by atoms with Crippen molar-refractivity contribution in [2.75, 3.05) is 0 Å². The van der Waals surface area contributed by atoms with Gasteiger partial charge >= 0.3 is 35.8 Å². The first kappa shape index (κ1) is 66.9. The second-order valence-electron chi connectivity index (χ2n) is 17.7. The Balaban J connectivity index is -0.000000763. The van der Waals surface area contributed by atoms with Crippen LogP contribution in [-0.4, -0.2) is 101 Å². The van der Waals surface area contributed by atoms with Gasteiger partial charge in [0.1, 0.15) is 34.7 Å². The average molecular weight is 985 g/mol. The van der Waals surface area contributed by atoms with Gasteiger partial charge in [0.25, 0.3) is 0 Å². The highest BCUT2D eigenvalue weighted by Crippen LogP contribution is 2.27. The lowest BCUT2D eigenvalue weighted by atomic mass is 9.85. The maximum absolute atomic E-state index is 13.1. The van der Waals surface area contributed by atoms with Gasteiger partial charge in [0, 0.05) is 18.4 Å². The minimum Gasteiger partial charge on any atom is -0.480 e. The van der Waals surface area contributed by atoms with Gasteiger partial charge in [-0.1, -0.05) is 96.0 Å². The fourth-order valence-electron chi connectivity index (χ4n) is 5.60. The van der Waals surface area contributed by atoms with E-state index in [2.05, 4.69) is 0 Å². The summed E-state index contributed by atoms with van der Waals surface area (Å²) < 4.78 is 64.1. The molecule has 68 heavy (non-hydrogen) atoms. The van der Waals surface area contributed by atoms with Crippen molar-refractivity contribution >= 4 is 35.8 Å². The molecule has 0 spiro atoms. The van der Waals surface area contributed by atoms with E-state index in [0.29, 0.717) is 37.5 Å². The van der Waals surface area contributed by atoms with Gasteiger partial charge in [-0.15, -0.1) is 0 Å². The Morgan fingerprint density at radius 3 is 1.34 bits per heavy atom. The molecule has 5 atom stereocenters. The summed E-state index contributed by atoms with van der Waals surface area (Å²) >= 11 is 0. The van der Waals surface area contributed by atoms with E-state index in [1.54, 1.807) is 0 Å². The minimum atomic E-state index is -2.30. The first-order valence-electron chi connectivity index (χ1n) is 21.5. The van der Waals surface area contributed by atoms with Gasteiger partial charge in [-0.2, -0.15) is 0 Å². The van der Waals surface area contributed by atoms with E-state index in [-0.39, 0.29) is 0 Å². The average Bonchev–Trinajstić information content (AvgIpc) is 3.23. The van der Waals surface area contributed by atoms with Crippen molar-refractivity contribution in [2.24, 2.45) is 46.2 Å². The summed E-state index contributed by atoms with van der Waals surface area (Å²) in [7, 11) is 0. The van der Waals surface area contributed by atoms with Crippen molar-refractivity contribution in [1.29, 1.82) is 0 Å². The maximum Gasteiger partial charge on any atom is 0.323 e. The number of carbonyl (C=O) groups is 6. The zero-order valence-electron chi connectivity index (χ0n) is 39.7. The van der Waals surface area contributed by atoms with E-state index in [4.69, 9.17) is 65.0 Å². The van der Waals surface area contributed by atoms with Crippen molar-refractivity contribution in [3.8, 4) is 0 Å². The number of hydrogen-bond acceptors (Lipinski definition) is 12. The van der Waals surface area contributed by atoms with Gasteiger partial charge < -0.3 is 65.0 Å². The van der Waals surface area contributed by atoms with Gasteiger partial charge in [0.15, 0.2) is 23.3 Å². The number of carboxylic acids is 6. The molecule has 1 fully saturated rings. The van der Waals surface area contributed by atoms with Crippen LogP contribution in [0.1, 0.15) is 124 Å². The van der Waals surface area contributed by atoms with E-state index in [9.17, 15) is 50.7 Å². The van der Waals surface area contributed by atoms with Gasteiger partial charge in [0.05, 0.1) is 0 Å². The maximum atomic E-state index is 13.1. The molecule has 3 rings (SSSR count). The van der Waals surface area contributed by atoms with Crippen LogP contribution in [0.2, 0.25) is 0 Å². The van der Waals surface area contributed by atoms with Crippen LogP contribution in [0.15, 0.2) is 30.3 Å². The highest BCUT2D eigenvalue weighted by molar-refractivity contribution is 5.79. The van der Waals surface area contributed by atoms with E-state index in [1.165, 1.54) is 59.8 Å². The molecule has 0 aliphatic heterocycles. The molecule has 1 aliphatic carbocycles. The molecule has 23 heteroatoms. The lowest BCUT2D eigenvalue weighted by molar-refractivity contribution is -0.143. The number of halogens is 5. The van der Waals surface area contributed by atoms with Crippen LogP contribution in [0, 0.1) is 40.9 Å². The summed E-state index contributed by atoms with van der Waals surface area (Å²) in [6.45, 7) is 11.8. The first-order valence-corrected chi connectivity index (χ1v) is 21.5. The molecule has 1 aliphatic rings. The van der Waals surface area contributed by atoms with Crippen molar-refractivity contribution < 1.29 is 81.4 Å². The molecule has 0 heterocycles. The van der Waals surface area contributed by atoms with Gasteiger partial charge in [-0.05, 0) is 64.4 Å². The first-order chi connectivity index (χ1) is 31.0. The molecule has 0 amide bonds. The van der Waals surface area contributed by atoms with Crippen LogP contribution >= 0.6 is 0 Å². The normalized spacial score (nSPS) is 15.3. The molecule has 2 aromatic carbocycles. The summed E-state index contributed by atoms with van der Waals surface area (Å²) in [5.74, 6) is -16.1. The summed E-state index contributed by atoms with van der Waals surface area (Å²) in [5.41, 5.74) is 28.1. The Morgan fingerprint density at radius 1 is 0.618 bits per heavy atom. The molecule has 0 radical (unpaired) electrons. The zero-order chi connectivity index (χ0) is 53.9. The van der Waals surface area contributed by atoms with Gasteiger partial charge in [0.2, 0.25) is 5.82 Å².